The van der Waals surface area contributed by atoms with Crippen molar-refractivity contribution in [2.24, 2.45) is 0 Å². The van der Waals surface area contributed by atoms with Gasteiger partial charge in [0.1, 0.15) is 0 Å². The van der Waals surface area contributed by atoms with E-state index >= 15 is 0 Å². The lowest BCUT2D eigenvalue weighted by Crippen LogP contribution is -2.19. The lowest BCUT2D eigenvalue weighted by Gasteiger charge is -2.16. The zero-order valence-corrected chi connectivity index (χ0v) is 13.5. The third-order valence-corrected chi connectivity index (χ3v) is 3.73. The number of imidazole rings is 1. The first kappa shape index (κ1) is 15.6. The van der Waals surface area contributed by atoms with E-state index in [1.807, 2.05) is 0 Å². The summed E-state index contributed by atoms with van der Waals surface area (Å²) in [7, 11) is 0. The fourth-order valence-electron chi connectivity index (χ4n) is 2.48. The fourth-order valence-corrected chi connectivity index (χ4v) is 2.48. The van der Waals surface area contributed by atoms with Gasteiger partial charge in [-0.15, -0.1) is 0 Å². The zero-order chi connectivity index (χ0) is 15.1. The minimum absolute atomic E-state index is 0.424. The van der Waals surface area contributed by atoms with Crippen LogP contribution in [0, 0.1) is 6.92 Å². The van der Waals surface area contributed by atoms with Gasteiger partial charge in [-0.3, -0.25) is 0 Å². The molecule has 2 rings (SSSR count). The average Bonchev–Trinajstić information content (AvgIpc) is 2.83. The Kier molecular flexibility index (Phi) is 5.85. The number of unbranched alkanes of at least 4 members (excludes halogenated alkanes) is 1. The second kappa shape index (κ2) is 7.87. The van der Waals surface area contributed by atoms with Gasteiger partial charge in [-0.1, -0.05) is 43.7 Å². The first-order valence-corrected chi connectivity index (χ1v) is 8.03. The third-order valence-electron chi connectivity index (χ3n) is 3.73. The molecule has 114 valence electrons. The van der Waals surface area contributed by atoms with Gasteiger partial charge in [0.15, 0.2) is 0 Å². The van der Waals surface area contributed by atoms with E-state index in [-0.39, 0.29) is 0 Å². The number of anilines is 1. The maximum atomic E-state index is 4.61. The number of benzene rings is 1. The van der Waals surface area contributed by atoms with Crippen molar-refractivity contribution in [1.29, 1.82) is 0 Å². The summed E-state index contributed by atoms with van der Waals surface area (Å²) >= 11 is 0. The molecule has 0 spiro atoms. The number of nitrogens with zero attached hydrogens (tertiary/aromatic N) is 2. The summed E-state index contributed by atoms with van der Waals surface area (Å²) < 4.78 is 2.25. The monoisotopic (exact) mass is 285 g/mol. The molecule has 0 aliphatic rings. The quantitative estimate of drug-likeness (QED) is 0.778. The average molecular weight is 285 g/mol. The van der Waals surface area contributed by atoms with Gasteiger partial charge in [0.05, 0.1) is 5.69 Å². The zero-order valence-electron chi connectivity index (χ0n) is 13.5. The molecule has 0 fully saturated rings. The predicted octanol–water partition coefficient (Wildman–Crippen LogP) is 4.42. The van der Waals surface area contributed by atoms with Crippen LogP contribution in [0.15, 0.2) is 36.5 Å². The molecule has 2 aromatic rings. The van der Waals surface area contributed by atoms with Crippen LogP contribution in [0.2, 0.25) is 0 Å². The second-order valence-corrected chi connectivity index (χ2v) is 5.82. The van der Waals surface area contributed by atoms with Crippen LogP contribution in [-0.4, -0.2) is 15.6 Å². The summed E-state index contributed by atoms with van der Waals surface area (Å²) in [4.78, 5) is 4.61. The molecule has 0 bridgehead atoms. The lowest BCUT2D eigenvalue weighted by molar-refractivity contribution is 0.622. The van der Waals surface area contributed by atoms with E-state index in [0.717, 1.165) is 31.0 Å². The molecular weight excluding hydrogens is 258 g/mol. The van der Waals surface area contributed by atoms with E-state index in [1.54, 1.807) is 0 Å². The van der Waals surface area contributed by atoms with Crippen LogP contribution < -0.4 is 5.32 Å². The Morgan fingerprint density at radius 3 is 2.71 bits per heavy atom. The van der Waals surface area contributed by atoms with Crippen molar-refractivity contribution in [3.63, 3.8) is 0 Å². The van der Waals surface area contributed by atoms with E-state index < -0.39 is 0 Å². The SMILES string of the molecule is CCCCn1cc(C)nc1NC(C)CCc1ccccc1. The molecule has 1 atom stereocenters. The number of aromatic nitrogens is 2. The van der Waals surface area contributed by atoms with E-state index in [0.29, 0.717) is 6.04 Å². The van der Waals surface area contributed by atoms with Crippen LogP contribution in [0.4, 0.5) is 5.95 Å². The van der Waals surface area contributed by atoms with Gasteiger partial charge in [-0.25, -0.2) is 4.98 Å². The van der Waals surface area contributed by atoms with Crippen LogP contribution in [0.25, 0.3) is 0 Å². The minimum Gasteiger partial charge on any atom is -0.353 e. The van der Waals surface area contributed by atoms with Crippen molar-refractivity contribution in [2.45, 2.75) is 59.0 Å². The molecule has 1 aromatic carbocycles. The van der Waals surface area contributed by atoms with Crippen LogP contribution in [-0.2, 0) is 13.0 Å². The Labute approximate surface area is 128 Å². The molecule has 0 saturated carbocycles. The largest absolute Gasteiger partial charge is 0.353 e. The van der Waals surface area contributed by atoms with Crippen molar-refractivity contribution >= 4 is 5.95 Å². The molecule has 0 aliphatic carbocycles. The summed E-state index contributed by atoms with van der Waals surface area (Å²) in [6.45, 7) is 7.56. The van der Waals surface area contributed by atoms with Crippen LogP contribution in [0.1, 0.15) is 44.4 Å². The lowest BCUT2D eigenvalue weighted by atomic mass is 10.1. The molecule has 1 N–H and O–H groups in total. The highest BCUT2D eigenvalue weighted by Crippen LogP contribution is 2.13. The predicted molar refractivity (Wildman–Crippen MR) is 89.7 cm³/mol. The summed E-state index contributed by atoms with van der Waals surface area (Å²) in [5, 5.41) is 3.56. The number of aryl methyl sites for hydroxylation is 3. The molecular formula is C18H27N3. The van der Waals surface area contributed by atoms with E-state index in [9.17, 15) is 0 Å². The van der Waals surface area contributed by atoms with Crippen LogP contribution in [0.3, 0.4) is 0 Å². The van der Waals surface area contributed by atoms with Gasteiger partial charge < -0.3 is 9.88 Å². The highest BCUT2D eigenvalue weighted by Gasteiger charge is 2.09. The third kappa shape index (κ3) is 4.92. The van der Waals surface area contributed by atoms with E-state index in [2.05, 4.69) is 72.2 Å². The normalized spacial score (nSPS) is 12.3. The van der Waals surface area contributed by atoms with Crippen molar-refractivity contribution in [3.05, 3.63) is 47.8 Å². The number of nitrogens with one attached hydrogen (secondary N) is 1. The summed E-state index contributed by atoms with van der Waals surface area (Å²) in [6, 6.07) is 11.1. The summed E-state index contributed by atoms with van der Waals surface area (Å²) in [5.74, 6) is 1.02. The molecule has 0 amide bonds. The molecule has 0 saturated heterocycles. The van der Waals surface area contributed by atoms with E-state index in [4.69, 9.17) is 0 Å². The van der Waals surface area contributed by atoms with Gasteiger partial charge in [-0.05, 0) is 38.7 Å². The Morgan fingerprint density at radius 2 is 2.00 bits per heavy atom. The van der Waals surface area contributed by atoms with Gasteiger partial charge in [0, 0.05) is 18.8 Å². The Morgan fingerprint density at radius 1 is 1.24 bits per heavy atom. The van der Waals surface area contributed by atoms with Crippen LogP contribution >= 0.6 is 0 Å². The van der Waals surface area contributed by atoms with E-state index in [1.165, 1.54) is 18.4 Å². The van der Waals surface area contributed by atoms with Crippen molar-refractivity contribution in [1.82, 2.24) is 9.55 Å². The fraction of sp³-hybridized carbons (Fsp3) is 0.500. The molecule has 3 heteroatoms. The number of hydrogen-bond acceptors (Lipinski definition) is 2. The number of rotatable bonds is 8. The first-order valence-electron chi connectivity index (χ1n) is 8.03. The maximum absolute atomic E-state index is 4.61. The van der Waals surface area contributed by atoms with Crippen molar-refractivity contribution in [2.75, 3.05) is 5.32 Å². The Balaban J connectivity index is 1.88. The maximum Gasteiger partial charge on any atom is 0.203 e. The van der Waals surface area contributed by atoms with Gasteiger partial charge in [0.2, 0.25) is 5.95 Å². The highest BCUT2D eigenvalue weighted by molar-refractivity contribution is 5.30. The molecule has 1 aromatic heterocycles. The van der Waals surface area contributed by atoms with Gasteiger partial charge in [-0.2, -0.15) is 0 Å². The Bertz CT molecular complexity index is 531. The molecule has 1 unspecified atom stereocenters. The first-order chi connectivity index (χ1) is 10.2. The molecule has 0 radical (unpaired) electrons. The molecule has 1 heterocycles. The summed E-state index contributed by atoms with van der Waals surface area (Å²) in [6.07, 6.45) is 6.76. The second-order valence-electron chi connectivity index (χ2n) is 5.82. The molecule has 3 nitrogen and oxygen atoms in total. The topological polar surface area (TPSA) is 29.9 Å². The standard InChI is InChI=1S/C18H27N3/c1-4-5-13-21-14-16(3)20-18(21)19-15(2)11-12-17-9-7-6-8-10-17/h6-10,14-15H,4-5,11-13H2,1-3H3,(H,19,20). The number of hydrogen-bond donors (Lipinski definition) is 1. The van der Waals surface area contributed by atoms with Crippen LogP contribution in [0.5, 0.6) is 0 Å². The van der Waals surface area contributed by atoms with Gasteiger partial charge >= 0.3 is 0 Å². The Hall–Kier alpha value is -1.77. The van der Waals surface area contributed by atoms with Gasteiger partial charge in [0.25, 0.3) is 0 Å². The van der Waals surface area contributed by atoms with Crippen molar-refractivity contribution < 1.29 is 0 Å². The molecule has 0 aliphatic heterocycles. The minimum atomic E-state index is 0.424. The highest BCUT2D eigenvalue weighted by atomic mass is 15.2. The van der Waals surface area contributed by atoms with Crippen molar-refractivity contribution in [3.8, 4) is 0 Å². The smallest absolute Gasteiger partial charge is 0.203 e. The molecule has 21 heavy (non-hydrogen) atoms. The summed E-state index contributed by atoms with van der Waals surface area (Å²) in [5.41, 5.74) is 2.49.